The molecule has 0 aromatic carbocycles. The number of rotatable bonds is 3. The van der Waals surface area contributed by atoms with Gasteiger partial charge < -0.3 is 9.64 Å². The highest BCUT2D eigenvalue weighted by molar-refractivity contribution is 5.88. The number of nitrogens with zero attached hydrogens (tertiary/aromatic N) is 2. The predicted molar refractivity (Wildman–Crippen MR) is 60.0 cm³/mol. The van der Waals surface area contributed by atoms with Gasteiger partial charge in [0.25, 0.3) is 5.91 Å². The summed E-state index contributed by atoms with van der Waals surface area (Å²) in [5, 5.41) is 11.1. The summed E-state index contributed by atoms with van der Waals surface area (Å²) in [6.45, 7) is 3.18. The van der Waals surface area contributed by atoms with Gasteiger partial charge in [0.2, 0.25) is 0 Å². The summed E-state index contributed by atoms with van der Waals surface area (Å²) in [4.78, 5) is 24.7. The van der Waals surface area contributed by atoms with Crippen molar-refractivity contribution in [3.63, 3.8) is 0 Å². The van der Waals surface area contributed by atoms with Crippen molar-refractivity contribution in [1.82, 2.24) is 10.2 Å². The smallest absolute Gasteiger partial charge is 0.408 e. The van der Waals surface area contributed by atoms with Crippen LogP contribution in [0.2, 0.25) is 0 Å². The molecule has 6 heteroatoms. The van der Waals surface area contributed by atoms with Crippen LogP contribution in [0.15, 0.2) is 0 Å². The Morgan fingerprint density at radius 1 is 1.41 bits per heavy atom. The maximum absolute atomic E-state index is 11.9. The lowest BCUT2D eigenvalue weighted by molar-refractivity contribution is -0.132. The van der Waals surface area contributed by atoms with E-state index in [4.69, 9.17) is 5.26 Å². The molecule has 1 unspecified atom stereocenters. The fourth-order valence-corrected chi connectivity index (χ4v) is 1.74. The van der Waals surface area contributed by atoms with E-state index in [1.165, 1.54) is 0 Å². The minimum atomic E-state index is -1.15. The standard InChI is InChI=1S/C11H17N3O3/c1-2-17-11(16)13-9(8-12)10(15)14-6-4-3-5-7-14/h9H,2-7H2,1H3,(H,13,16). The number of hydrogen-bond acceptors (Lipinski definition) is 4. The van der Waals surface area contributed by atoms with Crippen LogP contribution in [0.4, 0.5) is 4.79 Å². The number of piperidine rings is 1. The van der Waals surface area contributed by atoms with Crippen molar-refractivity contribution in [2.24, 2.45) is 0 Å². The summed E-state index contributed by atoms with van der Waals surface area (Å²) < 4.78 is 4.64. The Bertz CT molecular complexity index is 318. The Kier molecular flexibility index (Phi) is 5.27. The van der Waals surface area contributed by atoms with Gasteiger partial charge in [0.1, 0.15) is 0 Å². The maximum Gasteiger partial charge on any atom is 0.408 e. The molecule has 0 aromatic heterocycles. The third-order valence-corrected chi connectivity index (χ3v) is 2.58. The topological polar surface area (TPSA) is 82.4 Å². The molecule has 1 heterocycles. The summed E-state index contributed by atoms with van der Waals surface area (Å²) in [7, 11) is 0. The van der Waals surface area contributed by atoms with Gasteiger partial charge in [-0.15, -0.1) is 0 Å². The average Bonchev–Trinajstić information content (AvgIpc) is 2.36. The van der Waals surface area contributed by atoms with E-state index in [9.17, 15) is 9.59 Å². The highest BCUT2D eigenvalue weighted by Crippen LogP contribution is 2.09. The first-order valence-electron chi connectivity index (χ1n) is 5.80. The zero-order valence-electron chi connectivity index (χ0n) is 9.94. The number of ether oxygens (including phenoxy) is 1. The molecular weight excluding hydrogens is 222 g/mol. The molecule has 1 N–H and O–H groups in total. The molecule has 1 aliphatic heterocycles. The molecule has 0 spiro atoms. The molecule has 1 aliphatic rings. The molecular formula is C11H17N3O3. The van der Waals surface area contributed by atoms with Crippen molar-refractivity contribution in [3.8, 4) is 6.07 Å². The largest absolute Gasteiger partial charge is 0.450 e. The molecule has 1 rings (SSSR count). The fraction of sp³-hybridized carbons (Fsp3) is 0.727. The van der Waals surface area contributed by atoms with Gasteiger partial charge in [-0.05, 0) is 26.2 Å². The Morgan fingerprint density at radius 3 is 2.59 bits per heavy atom. The molecule has 0 aromatic rings. The maximum atomic E-state index is 11.9. The van der Waals surface area contributed by atoms with E-state index in [-0.39, 0.29) is 12.5 Å². The quantitative estimate of drug-likeness (QED) is 0.783. The first-order chi connectivity index (χ1) is 8.19. The van der Waals surface area contributed by atoms with Gasteiger partial charge in [-0.3, -0.25) is 10.1 Å². The number of alkyl carbamates (subject to hydrolysis) is 1. The molecule has 1 fully saturated rings. The van der Waals surface area contributed by atoms with Crippen LogP contribution in [0, 0.1) is 11.3 Å². The molecule has 17 heavy (non-hydrogen) atoms. The highest BCUT2D eigenvalue weighted by atomic mass is 16.5. The van der Waals surface area contributed by atoms with Crippen LogP contribution in [0.5, 0.6) is 0 Å². The summed E-state index contributed by atoms with van der Waals surface area (Å²) in [5.74, 6) is -0.347. The van der Waals surface area contributed by atoms with Crippen molar-refractivity contribution in [1.29, 1.82) is 5.26 Å². The Morgan fingerprint density at radius 2 is 2.06 bits per heavy atom. The van der Waals surface area contributed by atoms with E-state index < -0.39 is 12.1 Å². The van der Waals surface area contributed by atoms with Crippen molar-refractivity contribution in [3.05, 3.63) is 0 Å². The second kappa shape index (κ2) is 6.74. The lowest BCUT2D eigenvalue weighted by Crippen LogP contribution is -2.49. The molecule has 1 saturated heterocycles. The van der Waals surface area contributed by atoms with E-state index in [0.717, 1.165) is 19.3 Å². The van der Waals surface area contributed by atoms with Gasteiger partial charge in [-0.1, -0.05) is 0 Å². The van der Waals surface area contributed by atoms with Gasteiger partial charge in [-0.25, -0.2) is 4.79 Å². The van der Waals surface area contributed by atoms with E-state index in [0.29, 0.717) is 13.1 Å². The third-order valence-electron chi connectivity index (χ3n) is 2.58. The monoisotopic (exact) mass is 239 g/mol. The zero-order chi connectivity index (χ0) is 12.7. The van der Waals surface area contributed by atoms with Gasteiger partial charge in [0.05, 0.1) is 12.7 Å². The van der Waals surface area contributed by atoms with Crippen LogP contribution >= 0.6 is 0 Å². The van der Waals surface area contributed by atoms with Crippen LogP contribution in [0.3, 0.4) is 0 Å². The molecule has 2 amide bonds. The van der Waals surface area contributed by atoms with Crippen LogP contribution in [0.25, 0.3) is 0 Å². The van der Waals surface area contributed by atoms with E-state index in [2.05, 4.69) is 10.1 Å². The van der Waals surface area contributed by atoms with Crippen LogP contribution in [-0.4, -0.2) is 42.6 Å². The van der Waals surface area contributed by atoms with Crippen LogP contribution < -0.4 is 5.32 Å². The molecule has 0 aliphatic carbocycles. The second-order valence-corrected chi connectivity index (χ2v) is 3.81. The number of nitrogens with one attached hydrogen (secondary N) is 1. The minimum Gasteiger partial charge on any atom is -0.450 e. The van der Waals surface area contributed by atoms with Gasteiger partial charge >= 0.3 is 6.09 Å². The summed E-state index contributed by atoms with van der Waals surface area (Å²) in [5.41, 5.74) is 0. The first kappa shape index (κ1) is 13.3. The normalized spacial score (nSPS) is 16.8. The number of hydrogen-bond donors (Lipinski definition) is 1. The summed E-state index contributed by atoms with van der Waals surface area (Å²) in [6, 6.07) is 0.639. The summed E-state index contributed by atoms with van der Waals surface area (Å²) in [6.07, 6.45) is 2.27. The third kappa shape index (κ3) is 3.94. The van der Waals surface area contributed by atoms with Crippen molar-refractivity contribution in [2.45, 2.75) is 32.2 Å². The van der Waals surface area contributed by atoms with Gasteiger partial charge in [0.15, 0.2) is 6.04 Å². The number of likely N-dealkylation sites (tertiary alicyclic amines) is 1. The van der Waals surface area contributed by atoms with Gasteiger partial charge in [-0.2, -0.15) is 5.26 Å². The number of carbonyl (C=O) groups excluding carboxylic acids is 2. The van der Waals surface area contributed by atoms with E-state index in [1.54, 1.807) is 17.9 Å². The SMILES string of the molecule is CCOC(=O)NC(C#N)C(=O)N1CCCCC1. The van der Waals surface area contributed by atoms with E-state index in [1.807, 2.05) is 0 Å². The second-order valence-electron chi connectivity index (χ2n) is 3.81. The first-order valence-corrected chi connectivity index (χ1v) is 5.80. The molecule has 0 saturated carbocycles. The number of amides is 2. The Hall–Kier alpha value is -1.77. The molecule has 0 radical (unpaired) electrons. The lowest BCUT2D eigenvalue weighted by Gasteiger charge is -2.28. The molecule has 6 nitrogen and oxygen atoms in total. The lowest BCUT2D eigenvalue weighted by atomic mass is 10.1. The van der Waals surface area contributed by atoms with Crippen LogP contribution in [0.1, 0.15) is 26.2 Å². The summed E-state index contributed by atoms with van der Waals surface area (Å²) >= 11 is 0. The average molecular weight is 239 g/mol. The zero-order valence-corrected chi connectivity index (χ0v) is 9.94. The van der Waals surface area contributed by atoms with Crippen molar-refractivity contribution < 1.29 is 14.3 Å². The molecule has 1 atom stereocenters. The van der Waals surface area contributed by atoms with Crippen molar-refractivity contribution in [2.75, 3.05) is 19.7 Å². The van der Waals surface area contributed by atoms with Crippen LogP contribution in [-0.2, 0) is 9.53 Å². The fourth-order valence-electron chi connectivity index (χ4n) is 1.74. The van der Waals surface area contributed by atoms with E-state index >= 15 is 0 Å². The number of nitriles is 1. The highest BCUT2D eigenvalue weighted by Gasteiger charge is 2.26. The predicted octanol–water partition coefficient (Wildman–Crippen LogP) is 0.637. The minimum absolute atomic E-state index is 0.210. The van der Waals surface area contributed by atoms with Crippen molar-refractivity contribution >= 4 is 12.0 Å². The Balaban J connectivity index is 2.51. The number of carbonyl (C=O) groups is 2. The molecule has 94 valence electrons. The molecule has 0 bridgehead atoms. The Labute approximate surface area is 101 Å². The van der Waals surface area contributed by atoms with Gasteiger partial charge in [0, 0.05) is 13.1 Å².